The van der Waals surface area contributed by atoms with Crippen LogP contribution >= 0.6 is 0 Å². The summed E-state index contributed by atoms with van der Waals surface area (Å²) in [6, 6.07) is 12.5. The number of amides is 1. The standard InChI is InChI=1S/C18H15FN2O3/c1-2-11-23-17-6-4-3-5-14(17)12-20-21-18(22)13-24-16-9-7-15(19)8-10-16/h1,3-10,12H,11,13H2,(H,21,22). The zero-order valence-corrected chi connectivity index (χ0v) is 12.7. The molecule has 0 unspecified atom stereocenters. The van der Waals surface area contributed by atoms with Crippen LogP contribution in [0.1, 0.15) is 5.56 Å². The lowest BCUT2D eigenvalue weighted by Crippen LogP contribution is -2.24. The number of hydrazone groups is 1. The van der Waals surface area contributed by atoms with Crippen LogP contribution in [0.25, 0.3) is 0 Å². The van der Waals surface area contributed by atoms with Crippen molar-refractivity contribution in [3.8, 4) is 23.8 Å². The molecule has 0 aromatic heterocycles. The number of nitrogens with one attached hydrogen (secondary N) is 1. The van der Waals surface area contributed by atoms with Crippen molar-refractivity contribution in [2.45, 2.75) is 0 Å². The molecule has 0 aliphatic rings. The van der Waals surface area contributed by atoms with Crippen molar-refractivity contribution >= 4 is 12.1 Å². The summed E-state index contributed by atoms with van der Waals surface area (Å²) in [5, 5.41) is 3.84. The minimum atomic E-state index is -0.447. The third kappa shape index (κ3) is 5.46. The Morgan fingerprint density at radius 2 is 1.96 bits per heavy atom. The molecule has 2 aromatic carbocycles. The maximum absolute atomic E-state index is 12.7. The molecule has 0 radical (unpaired) electrons. The van der Waals surface area contributed by atoms with E-state index in [4.69, 9.17) is 15.9 Å². The average molecular weight is 326 g/mol. The Kier molecular flexibility index (Phi) is 6.35. The van der Waals surface area contributed by atoms with Gasteiger partial charge >= 0.3 is 0 Å². The highest BCUT2D eigenvalue weighted by atomic mass is 19.1. The van der Waals surface area contributed by atoms with Crippen molar-refractivity contribution in [3.63, 3.8) is 0 Å². The number of para-hydroxylation sites is 1. The lowest BCUT2D eigenvalue weighted by atomic mass is 10.2. The predicted molar refractivity (Wildman–Crippen MR) is 88.4 cm³/mol. The Morgan fingerprint density at radius 1 is 1.21 bits per heavy atom. The molecule has 2 aromatic rings. The molecule has 0 bridgehead atoms. The number of rotatable bonds is 7. The first-order valence-electron chi connectivity index (χ1n) is 7.04. The fourth-order valence-corrected chi connectivity index (χ4v) is 1.72. The molecule has 2 rings (SSSR count). The van der Waals surface area contributed by atoms with Crippen LogP contribution in [0.3, 0.4) is 0 Å². The minimum Gasteiger partial charge on any atom is -0.484 e. The predicted octanol–water partition coefficient (Wildman–Crippen LogP) is 2.37. The molecule has 0 saturated carbocycles. The number of carbonyl (C=O) groups excluding carboxylic acids is 1. The number of hydrogen-bond donors (Lipinski definition) is 1. The van der Waals surface area contributed by atoms with E-state index in [0.29, 0.717) is 17.1 Å². The zero-order chi connectivity index (χ0) is 17.2. The van der Waals surface area contributed by atoms with E-state index in [-0.39, 0.29) is 19.0 Å². The summed E-state index contributed by atoms with van der Waals surface area (Å²) in [5.41, 5.74) is 3.01. The first-order valence-corrected chi connectivity index (χ1v) is 7.04. The molecule has 0 saturated heterocycles. The smallest absolute Gasteiger partial charge is 0.277 e. The zero-order valence-electron chi connectivity index (χ0n) is 12.7. The van der Waals surface area contributed by atoms with Crippen LogP contribution < -0.4 is 14.9 Å². The molecule has 1 N–H and O–H groups in total. The van der Waals surface area contributed by atoms with E-state index in [1.165, 1.54) is 30.5 Å². The minimum absolute atomic E-state index is 0.142. The molecule has 0 aliphatic carbocycles. The summed E-state index contributed by atoms with van der Waals surface area (Å²) >= 11 is 0. The number of nitrogens with zero attached hydrogens (tertiary/aromatic N) is 1. The summed E-state index contributed by atoms with van der Waals surface area (Å²) in [6.07, 6.45) is 6.60. The van der Waals surface area contributed by atoms with Crippen molar-refractivity contribution in [1.29, 1.82) is 0 Å². The van der Waals surface area contributed by atoms with Crippen LogP contribution in [0.4, 0.5) is 4.39 Å². The van der Waals surface area contributed by atoms with E-state index < -0.39 is 5.91 Å². The number of ether oxygens (including phenoxy) is 2. The van der Waals surface area contributed by atoms with Crippen LogP contribution in [0, 0.1) is 18.2 Å². The van der Waals surface area contributed by atoms with E-state index in [2.05, 4.69) is 16.4 Å². The van der Waals surface area contributed by atoms with Crippen LogP contribution in [0.2, 0.25) is 0 Å². The van der Waals surface area contributed by atoms with Gasteiger partial charge in [-0.15, -0.1) is 6.42 Å². The van der Waals surface area contributed by atoms with Crippen LogP contribution in [0.15, 0.2) is 53.6 Å². The van der Waals surface area contributed by atoms with Gasteiger partial charge in [0.25, 0.3) is 5.91 Å². The average Bonchev–Trinajstić information content (AvgIpc) is 2.60. The van der Waals surface area contributed by atoms with Gasteiger partial charge < -0.3 is 9.47 Å². The van der Waals surface area contributed by atoms with Gasteiger partial charge in [-0.05, 0) is 36.4 Å². The van der Waals surface area contributed by atoms with Crippen LogP contribution in [0.5, 0.6) is 11.5 Å². The molecule has 1 amide bonds. The largest absolute Gasteiger partial charge is 0.484 e. The summed E-state index contributed by atoms with van der Waals surface area (Å²) in [6.45, 7) is -0.0963. The SMILES string of the molecule is C#CCOc1ccccc1C=NNC(=O)COc1ccc(F)cc1. The lowest BCUT2D eigenvalue weighted by Gasteiger charge is -2.06. The Bertz CT molecular complexity index is 752. The number of hydrogen-bond acceptors (Lipinski definition) is 4. The van der Waals surface area contributed by atoms with E-state index in [1.807, 2.05) is 6.07 Å². The van der Waals surface area contributed by atoms with Crippen molar-refractivity contribution in [1.82, 2.24) is 5.43 Å². The number of benzene rings is 2. The van der Waals surface area contributed by atoms with Gasteiger partial charge in [-0.1, -0.05) is 18.1 Å². The lowest BCUT2D eigenvalue weighted by molar-refractivity contribution is -0.123. The van der Waals surface area contributed by atoms with Gasteiger partial charge in [0.2, 0.25) is 0 Å². The number of halogens is 1. The Morgan fingerprint density at radius 3 is 2.71 bits per heavy atom. The molecule has 0 heterocycles. The molecule has 0 fully saturated rings. The van der Waals surface area contributed by atoms with Gasteiger partial charge in [-0.2, -0.15) is 5.10 Å². The molecule has 122 valence electrons. The van der Waals surface area contributed by atoms with E-state index >= 15 is 0 Å². The molecular formula is C18H15FN2O3. The highest BCUT2D eigenvalue weighted by Crippen LogP contribution is 2.15. The Labute approximate surface area is 139 Å². The second kappa shape index (κ2) is 8.96. The molecular weight excluding hydrogens is 311 g/mol. The van der Waals surface area contributed by atoms with E-state index in [1.54, 1.807) is 18.2 Å². The molecule has 24 heavy (non-hydrogen) atoms. The van der Waals surface area contributed by atoms with Crippen molar-refractivity contribution < 1.29 is 18.7 Å². The summed E-state index contributed by atoms with van der Waals surface area (Å²) in [7, 11) is 0. The van der Waals surface area contributed by atoms with Crippen molar-refractivity contribution in [2.75, 3.05) is 13.2 Å². The summed E-state index contributed by atoms with van der Waals surface area (Å²) in [4.78, 5) is 11.6. The monoisotopic (exact) mass is 326 g/mol. The molecule has 0 atom stereocenters. The fourth-order valence-electron chi connectivity index (χ4n) is 1.72. The van der Waals surface area contributed by atoms with Gasteiger partial charge in [0.1, 0.15) is 23.9 Å². The van der Waals surface area contributed by atoms with Gasteiger partial charge in [-0.25, -0.2) is 9.82 Å². The van der Waals surface area contributed by atoms with Crippen molar-refractivity contribution in [2.24, 2.45) is 5.10 Å². The topological polar surface area (TPSA) is 59.9 Å². The van der Waals surface area contributed by atoms with Crippen LogP contribution in [-0.4, -0.2) is 25.3 Å². The fraction of sp³-hybridized carbons (Fsp3) is 0.111. The van der Waals surface area contributed by atoms with E-state index in [0.717, 1.165) is 0 Å². The molecule has 0 aliphatic heterocycles. The first-order chi connectivity index (χ1) is 11.7. The summed E-state index contributed by atoms with van der Waals surface area (Å²) < 4.78 is 23.3. The molecule has 0 spiro atoms. The van der Waals surface area contributed by atoms with Gasteiger partial charge in [-0.3, -0.25) is 4.79 Å². The maximum Gasteiger partial charge on any atom is 0.277 e. The first kappa shape index (κ1) is 17.0. The third-order valence-electron chi connectivity index (χ3n) is 2.81. The Balaban J connectivity index is 1.84. The molecule has 6 heteroatoms. The highest BCUT2D eigenvalue weighted by Gasteiger charge is 2.03. The normalized spacial score (nSPS) is 10.2. The third-order valence-corrected chi connectivity index (χ3v) is 2.81. The molecule has 5 nitrogen and oxygen atoms in total. The number of carbonyl (C=O) groups is 1. The van der Waals surface area contributed by atoms with E-state index in [9.17, 15) is 9.18 Å². The van der Waals surface area contributed by atoms with Crippen LogP contribution in [-0.2, 0) is 4.79 Å². The van der Waals surface area contributed by atoms with Gasteiger partial charge in [0, 0.05) is 5.56 Å². The quantitative estimate of drug-likeness (QED) is 0.483. The second-order valence-corrected chi connectivity index (χ2v) is 4.57. The van der Waals surface area contributed by atoms with Gasteiger partial charge in [0.15, 0.2) is 6.61 Å². The highest BCUT2D eigenvalue weighted by molar-refractivity contribution is 5.85. The second-order valence-electron chi connectivity index (χ2n) is 4.57. The Hall–Kier alpha value is -3.33. The van der Waals surface area contributed by atoms with Crippen molar-refractivity contribution in [3.05, 3.63) is 59.9 Å². The van der Waals surface area contributed by atoms with Gasteiger partial charge in [0.05, 0.1) is 6.21 Å². The summed E-state index contributed by atoms with van der Waals surface area (Å²) in [5.74, 6) is 2.52. The maximum atomic E-state index is 12.7. The number of terminal acetylenes is 1.